The standard InChI is InChI=1S/C13H17S2/c1-2-11(14)12-7-10-8-3-5-9(6-4-8)13(10)15-12/h2,7-9,14-15H,3-6H2,1H3/q-1/p-1. The van der Waals surface area contributed by atoms with E-state index in [0.29, 0.717) is 0 Å². The molecule has 1 heterocycles. The summed E-state index contributed by atoms with van der Waals surface area (Å²) in [4.78, 5) is 2.45. The number of thiol groups is 1. The van der Waals surface area contributed by atoms with E-state index < -0.39 is 0 Å². The third-order valence-electron chi connectivity index (χ3n) is 3.90. The van der Waals surface area contributed by atoms with Crippen molar-refractivity contribution in [3.63, 3.8) is 0 Å². The van der Waals surface area contributed by atoms with Crippen LogP contribution in [0.15, 0.2) is 21.5 Å². The average molecular weight is 236 g/mol. The highest BCUT2D eigenvalue weighted by Crippen LogP contribution is 2.54. The van der Waals surface area contributed by atoms with E-state index in [1.807, 2.05) is 6.92 Å². The van der Waals surface area contributed by atoms with Gasteiger partial charge in [0.05, 0.1) is 0 Å². The molecule has 2 bridgehead atoms. The maximum Gasteiger partial charge on any atom is -0.0196 e. The van der Waals surface area contributed by atoms with Crippen molar-refractivity contribution >= 4 is 24.4 Å². The van der Waals surface area contributed by atoms with Crippen LogP contribution in [-0.4, -0.2) is 0 Å². The van der Waals surface area contributed by atoms with E-state index in [2.05, 4.69) is 12.5 Å². The molecule has 0 amide bonds. The van der Waals surface area contributed by atoms with Gasteiger partial charge in [0.1, 0.15) is 0 Å². The molecule has 4 rings (SSSR count). The predicted octanol–water partition coefficient (Wildman–Crippen LogP) is 3.08. The topological polar surface area (TPSA) is 0 Å². The summed E-state index contributed by atoms with van der Waals surface area (Å²) >= 11 is 6.81. The van der Waals surface area contributed by atoms with Crippen molar-refractivity contribution < 1.29 is 0 Å². The van der Waals surface area contributed by atoms with E-state index >= 15 is 0 Å². The van der Waals surface area contributed by atoms with E-state index in [1.54, 1.807) is 10.8 Å². The Hall–Kier alpha value is -0.210. The molecule has 0 aromatic carbocycles. The molecule has 1 aliphatic heterocycles. The molecule has 0 aromatic heterocycles. The van der Waals surface area contributed by atoms with Crippen molar-refractivity contribution in [3.8, 4) is 0 Å². The van der Waals surface area contributed by atoms with Gasteiger partial charge in [-0.3, -0.25) is 0 Å². The molecule has 0 N–H and O–H groups in total. The van der Waals surface area contributed by atoms with Crippen molar-refractivity contribution in [3.05, 3.63) is 33.1 Å². The lowest BCUT2D eigenvalue weighted by Gasteiger charge is -2.45. The van der Waals surface area contributed by atoms with Crippen molar-refractivity contribution in [2.24, 2.45) is 11.8 Å². The molecule has 0 unspecified atom stereocenters. The van der Waals surface area contributed by atoms with E-state index in [4.69, 9.17) is 12.6 Å². The Labute approximate surface area is 102 Å². The summed E-state index contributed by atoms with van der Waals surface area (Å²) in [7, 11) is 0. The Morgan fingerprint density at radius 2 is 2.20 bits per heavy atom. The average Bonchev–Trinajstić information content (AvgIpc) is 2.76. The smallest absolute Gasteiger partial charge is 0.0196 e. The molecule has 82 valence electrons. The van der Waals surface area contributed by atoms with Crippen molar-refractivity contribution in [1.82, 2.24) is 0 Å². The van der Waals surface area contributed by atoms with Crippen LogP contribution >= 0.6 is 0 Å². The van der Waals surface area contributed by atoms with Gasteiger partial charge in [0.2, 0.25) is 0 Å². The Morgan fingerprint density at radius 3 is 2.80 bits per heavy atom. The molecule has 3 aliphatic carbocycles. The molecule has 0 nitrogen and oxygen atoms in total. The fraction of sp³-hybridized carbons (Fsp3) is 0.538. The summed E-state index contributed by atoms with van der Waals surface area (Å²) in [5, 5.41) is 1.72. The van der Waals surface area contributed by atoms with Gasteiger partial charge in [-0.05, 0) is 29.9 Å². The highest BCUT2D eigenvalue weighted by atomic mass is 32.2. The van der Waals surface area contributed by atoms with Gasteiger partial charge in [0.15, 0.2) is 0 Å². The summed E-state index contributed by atoms with van der Waals surface area (Å²) < 4.78 is 0. The second-order valence-electron chi connectivity index (χ2n) is 4.68. The molecule has 0 radical (unpaired) electrons. The minimum Gasteiger partial charge on any atom is -0.814 e. The number of allylic oxidation sites excluding steroid dienone is 2. The summed E-state index contributed by atoms with van der Waals surface area (Å²) in [5.74, 6) is 1.76. The fourth-order valence-corrected chi connectivity index (χ4v) is 4.77. The normalized spacial score (nSPS) is 36.3. The molecule has 2 heteroatoms. The molecule has 0 spiro atoms. The Bertz CT molecular complexity index is 332. The van der Waals surface area contributed by atoms with Crippen LogP contribution in [0, 0.1) is 23.5 Å². The van der Waals surface area contributed by atoms with Gasteiger partial charge in [-0.2, -0.15) is 5.57 Å². The molecule has 0 saturated heterocycles. The quantitative estimate of drug-likeness (QED) is 0.292. The minimum atomic E-state index is 0.870. The molecule has 0 atom stereocenters. The highest BCUT2D eigenvalue weighted by molar-refractivity contribution is 7.87. The third kappa shape index (κ3) is 1.50. The molecule has 15 heavy (non-hydrogen) atoms. The maximum absolute atomic E-state index is 5.38. The van der Waals surface area contributed by atoms with Crippen LogP contribution in [0.3, 0.4) is 0 Å². The second-order valence-corrected chi connectivity index (χ2v) is 6.31. The molecular weight excluding hydrogens is 220 g/mol. The largest absolute Gasteiger partial charge is 0.814 e. The number of hydrogen-bond acceptors (Lipinski definition) is 1. The monoisotopic (exact) mass is 236 g/mol. The van der Waals surface area contributed by atoms with Gasteiger partial charge in [-0.1, -0.05) is 12.8 Å². The number of fused-ring (bicyclic) bond motifs is 2. The minimum absolute atomic E-state index is 0.870. The van der Waals surface area contributed by atoms with Crippen LogP contribution in [0.25, 0.3) is 0 Å². The van der Waals surface area contributed by atoms with Crippen LogP contribution in [0.1, 0.15) is 32.6 Å². The van der Waals surface area contributed by atoms with Gasteiger partial charge in [0.25, 0.3) is 0 Å². The number of hydrogen-bond donors (Lipinski definition) is 0. The molecule has 0 aromatic rings. The predicted molar refractivity (Wildman–Crippen MR) is 69.9 cm³/mol. The van der Waals surface area contributed by atoms with E-state index in [0.717, 1.165) is 16.7 Å². The number of rotatable bonds is 1. The van der Waals surface area contributed by atoms with Crippen molar-refractivity contribution in [2.75, 3.05) is 0 Å². The highest BCUT2D eigenvalue weighted by Gasteiger charge is 2.38. The summed E-state index contributed by atoms with van der Waals surface area (Å²) in [6, 6.07) is 0. The van der Waals surface area contributed by atoms with Gasteiger partial charge in [-0.15, -0.1) is 23.6 Å². The van der Waals surface area contributed by atoms with Gasteiger partial charge in [-0.25, -0.2) is 12.5 Å². The lowest BCUT2D eigenvalue weighted by molar-refractivity contribution is 0.283. The van der Waals surface area contributed by atoms with E-state index in [-0.39, 0.29) is 0 Å². The van der Waals surface area contributed by atoms with E-state index in [9.17, 15) is 0 Å². The lowest BCUT2D eigenvalue weighted by atomic mass is 9.67. The van der Waals surface area contributed by atoms with Gasteiger partial charge in [0, 0.05) is 0 Å². The SMILES string of the molecule is C[CH-]C([S-])=C1C=C2[C-]([SH+]1)C1CCC2CC1. The maximum atomic E-state index is 5.38. The first-order valence-corrected chi connectivity index (χ1v) is 7.11. The molecule has 3 fully saturated rings. The molecule has 4 aliphatic rings. The van der Waals surface area contributed by atoms with Crippen LogP contribution in [0.4, 0.5) is 0 Å². The first kappa shape index (κ1) is 9.98. The summed E-state index contributed by atoms with van der Waals surface area (Å²) in [6.45, 7) is 2.05. The van der Waals surface area contributed by atoms with Crippen LogP contribution in [-0.2, 0) is 24.4 Å². The Kier molecular flexibility index (Phi) is 2.44. The third-order valence-corrected chi connectivity index (χ3v) is 5.98. The fourth-order valence-electron chi connectivity index (χ4n) is 3.05. The Morgan fingerprint density at radius 1 is 1.47 bits per heavy atom. The summed E-state index contributed by atoms with van der Waals surface area (Å²) in [5.41, 5.74) is 1.67. The zero-order valence-corrected chi connectivity index (χ0v) is 10.7. The Balaban J connectivity index is 1.94. The molecule has 3 saturated carbocycles. The van der Waals surface area contributed by atoms with Crippen LogP contribution < -0.4 is 0 Å². The van der Waals surface area contributed by atoms with Crippen LogP contribution in [0.2, 0.25) is 0 Å². The van der Waals surface area contributed by atoms with Gasteiger partial charge < -0.3 is 17.5 Å². The van der Waals surface area contributed by atoms with E-state index in [1.165, 1.54) is 42.4 Å². The molecular formula is C13H16S2-2. The van der Waals surface area contributed by atoms with Crippen molar-refractivity contribution in [1.29, 1.82) is 0 Å². The second kappa shape index (κ2) is 3.67. The first-order valence-electron chi connectivity index (χ1n) is 5.81. The summed E-state index contributed by atoms with van der Waals surface area (Å²) in [6.07, 6.45) is 10.2. The lowest BCUT2D eigenvalue weighted by Crippen LogP contribution is -2.30. The van der Waals surface area contributed by atoms with Crippen LogP contribution in [0.5, 0.6) is 0 Å². The first-order chi connectivity index (χ1) is 7.29. The van der Waals surface area contributed by atoms with Crippen molar-refractivity contribution in [2.45, 2.75) is 32.6 Å². The van der Waals surface area contributed by atoms with Gasteiger partial charge >= 0.3 is 0 Å². The zero-order chi connectivity index (χ0) is 10.4. The zero-order valence-electron chi connectivity index (χ0n) is 8.99.